The van der Waals surface area contributed by atoms with Gasteiger partial charge in [-0.05, 0) is 32.5 Å². The van der Waals surface area contributed by atoms with Crippen molar-refractivity contribution in [2.24, 2.45) is 0 Å². The third-order valence-corrected chi connectivity index (χ3v) is 4.06. The van der Waals surface area contributed by atoms with Crippen LogP contribution in [0.5, 0.6) is 0 Å². The first-order valence-corrected chi connectivity index (χ1v) is 6.96. The Hall–Kier alpha value is -1.13. The van der Waals surface area contributed by atoms with Crippen molar-refractivity contribution in [3.63, 3.8) is 0 Å². The van der Waals surface area contributed by atoms with Crippen LogP contribution >= 0.6 is 0 Å². The van der Waals surface area contributed by atoms with Gasteiger partial charge in [-0.25, -0.2) is 4.98 Å². The SMILES string of the molecule is CN1CCN(c2ncccc2C2CCCN2)CC1. The summed E-state index contributed by atoms with van der Waals surface area (Å²) in [5.74, 6) is 1.20. The van der Waals surface area contributed by atoms with Crippen LogP contribution in [0, 0.1) is 0 Å². The number of hydrogen-bond acceptors (Lipinski definition) is 4. The number of rotatable bonds is 2. The van der Waals surface area contributed by atoms with Crippen LogP contribution in [0.2, 0.25) is 0 Å². The normalized spacial score (nSPS) is 25.6. The number of pyridine rings is 1. The summed E-state index contributed by atoms with van der Waals surface area (Å²) >= 11 is 0. The van der Waals surface area contributed by atoms with Gasteiger partial charge in [-0.15, -0.1) is 0 Å². The molecule has 2 fully saturated rings. The van der Waals surface area contributed by atoms with Gasteiger partial charge in [0.05, 0.1) is 0 Å². The molecule has 3 heterocycles. The first-order chi connectivity index (χ1) is 8.84. The van der Waals surface area contributed by atoms with E-state index >= 15 is 0 Å². The van der Waals surface area contributed by atoms with E-state index in [2.05, 4.69) is 39.3 Å². The molecule has 4 nitrogen and oxygen atoms in total. The van der Waals surface area contributed by atoms with Gasteiger partial charge >= 0.3 is 0 Å². The van der Waals surface area contributed by atoms with Gasteiger partial charge in [0, 0.05) is 44.0 Å². The molecule has 1 aromatic rings. The van der Waals surface area contributed by atoms with E-state index in [1.54, 1.807) is 0 Å². The van der Waals surface area contributed by atoms with Gasteiger partial charge in [-0.2, -0.15) is 0 Å². The minimum Gasteiger partial charge on any atom is -0.354 e. The molecule has 98 valence electrons. The Morgan fingerprint density at radius 2 is 2.11 bits per heavy atom. The van der Waals surface area contributed by atoms with Crippen molar-refractivity contribution < 1.29 is 0 Å². The minimum absolute atomic E-state index is 0.508. The van der Waals surface area contributed by atoms with Crippen LogP contribution in [0.3, 0.4) is 0 Å². The third kappa shape index (κ3) is 2.35. The number of hydrogen-bond donors (Lipinski definition) is 1. The molecule has 18 heavy (non-hydrogen) atoms. The minimum atomic E-state index is 0.508. The molecule has 0 aromatic carbocycles. The first kappa shape index (κ1) is 11.9. The fourth-order valence-electron chi connectivity index (χ4n) is 2.91. The maximum Gasteiger partial charge on any atom is 0.133 e. The second kappa shape index (κ2) is 5.24. The van der Waals surface area contributed by atoms with E-state index in [0.717, 1.165) is 32.7 Å². The monoisotopic (exact) mass is 246 g/mol. The zero-order valence-corrected chi connectivity index (χ0v) is 11.1. The predicted molar refractivity (Wildman–Crippen MR) is 73.9 cm³/mol. The largest absolute Gasteiger partial charge is 0.354 e. The molecule has 0 saturated carbocycles. The summed E-state index contributed by atoms with van der Waals surface area (Å²) in [6.45, 7) is 5.59. The average Bonchev–Trinajstić information content (AvgIpc) is 2.93. The highest BCUT2D eigenvalue weighted by molar-refractivity contribution is 5.49. The van der Waals surface area contributed by atoms with Crippen molar-refractivity contribution in [2.75, 3.05) is 44.7 Å². The van der Waals surface area contributed by atoms with E-state index in [1.807, 2.05) is 6.20 Å². The zero-order valence-electron chi connectivity index (χ0n) is 11.1. The first-order valence-electron chi connectivity index (χ1n) is 6.96. The highest BCUT2D eigenvalue weighted by Gasteiger charge is 2.24. The molecule has 1 atom stereocenters. The van der Waals surface area contributed by atoms with E-state index in [-0.39, 0.29) is 0 Å². The number of aromatic nitrogens is 1. The summed E-state index contributed by atoms with van der Waals surface area (Å²) in [5, 5.41) is 3.58. The van der Waals surface area contributed by atoms with Crippen LogP contribution in [0.15, 0.2) is 18.3 Å². The molecular weight excluding hydrogens is 224 g/mol. The summed E-state index contributed by atoms with van der Waals surface area (Å²) in [4.78, 5) is 9.46. The Kier molecular flexibility index (Phi) is 3.48. The topological polar surface area (TPSA) is 31.4 Å². The molecule has 2 saturated heterocycles. The van der Waals surface area contributed by atoms with Gasteiger partial charge in [0.1, 0.15) is 5.82 Å². The standard InChI is InChI=1S/C14H22N4/c1-17-8-10-18(11-9-17)14-12(4-2-7-16-14)13-5-3-6-15-13/h2,4,7,13,15H,3,5-6,8-11H2,1H3. The molecular formula is C14H22N4. The van der Waals surface area contributed by atoms with Gasteiger partial charge in [-0.3, -0.25) is 0 Å². The van der Waals surface area contributed by atoms with Gasteiger partial charge < -0.3 is 15.1 Å². The van der Waals surface area contributed by atoms with Crippen molar-refractivity contribution in [2.45, 2.75) is 18.9 Å². The summed E-state index contributed by atoms with van der Waals surface area (Å²) in [6.07, 6.45) is 4.44. The van der Waals surface area contributed by atoms with Crippen molar-refractivity contribution in [1.29, 1.82) is 0 Å². The molecule has 2 aliphatic rings. The van der Waals surface area contributed by atoms with E-state index in [4.69, 9.17) is 0 Å². The number of anilines is 1. The summed E-state index contributed by atoms with van der Waals surface area (Å²) < 4.78 is 0. The lowest BCUT2D eigenvalue weighted by Crippen LogP contribution is -2.45. The van der Waals surface area contributed by atoms with Gasteiger partial charge in [0.2, 0.25) is 0 Å². The molecule has 0 spiro atoms. The Labute approximate surface area is 109 Å². The summed E-state index contributed by atoms with van der Waals surface area (Å²) in [6, 6.07) is 4.81. The molecule has 0 aliphatic carbocycles. The van der Waals surface area contributed by atoms with Crippen LogP contribution in [0.4, 0.5) is 5.82 Å². The lowest BCUT2D eigenvalue weighted by molar-refractivity contribution is 0.311. The maximum absolute atomic E-state index is 4.64. The lowest BCUT2D eigenvalue weighted by atomic mass is 10.1. The Morgan fingerprint density at radius 3 is 2.83 bits per heavy atom. The second-order valence-corrected chi connectivity index (χ2v) is 5.36. The van der Waals surface area contributed by atoms with Crippen LogP contribution in [0.1, 0.15) is 24.4 Å². The fourth-order valence-corrected chi connectivity index (χ4v) is 2.91. The van der Waals surface area contributed by atoms with E-state index in [1.165, 1.54) is 24.2 Å². The number of likely N-dealkylation sites (N-methyl/N-ethyl adjacent to an activating group) is 1. The van der Waals surface area contributed by atoms with Crippen molar-refractivity contribution >= 4 is 5.82 Å². The van der Waals surface area contributed by atoms with Crippen molar-refractivity contribution in [3.8, 4) is 0 Å². The van der Waals surface area contributed by atoms with E-state index in [9.17, 15) is 0 Å². The maximum atomic E-state index is 4.64. The number of nitrogens with zero attached hydrogens (tertiary/aromatic N) is 3. The van der Waals surface area contributed by atoms with Gasteiger partial charge in [0.15, 0.2) is 0 Å². The fraction of sp³-hybridized carbons (Fsp3) is 0.643. The van der Waals surface area contributed by atoms with Crippen LogP contribution in [-0.4, -0.2) is 49.7 Å². The molecule has 0 amide bonds. The summed E-state index contributed by atoms with van der Waals surface area (Å²) in [5.41, 5.74) is 1.39. The molecule has 1 unspecified atom stereocenters. The molecule has 1 N–H and O–H groups in total. The Morgan fingerprint density at radius 1 is 1.28 bits per heavy atom. The van der Waals surface area contributed by atoms with Gasteiger partial charge in [-0.1, -0.05) is 6.07 Å². The van der Waals surface area contributed by atoms with Gasteiger partial charge in [0.25, 0.3) is 0 Å². The number of piperazine rings is 1. The van der Waals surface area contributed by atoms with E-state index in [0.29, 0.717) is 6.04 Å². The second-order valence-electron chi connectivity index (χ2n) is 5.36. The quantitative estimate of drug-likeness (QED) is 0.851. The van der Waals surface area contributed by atoms with E-state index < -0.39 is 0 Å². The highest BCUT2D eigenvalue weighted by Crippen LogP contribution is 2.30. The number of nitrogens with one attached hydrogen (secondary N) is 1. The molecule has 3 rings (SSSR count). The van der Waals surface area contributed by atoms with Crippen molar-refractivity contribution in [3.05, 3.63) is 23.9 Å². The van der Waals surface area contributed by atoms with Crippen molar-refractivity contribution in [1.82, 2.24) is 15.2 Å². The summed E-state index contributed by atoms with van der Waals surface area (Å²) in [7, 11) is 2.19. The average molecular weight is 246 g/mol. The highest BCUT2D eigenvalue weighted by atomic mass is 15.3. The van der Waals surface area contributed by atoms with Crippen LogP contribution in [0.25, 0.3) is 0 Å². The third-order valence-electron chi connectivity index (χ3n) is 4.06. The molecule has 0 bridgehead atoms. The molecule has 2 aliphatic heterocycles. The predicted octanol–water partition coefficient (Wildman–Crippen LogP) is 1.26. The molecule has 0 radical (unpaired) electrons. The zero-order chi connectivity index (χ0) is 12.4. The Bertz CT molecular complexity index is 393. The smallest absolute Gasteiger partial charge is 0.133 e. The molecule has 4 heteroatoms. The lowest BCUT2D eigenvalue weighted by Gasteiger charge is -2.34. The molecule has 1 aromatic heterocycles. The van der Waals surface area contributed by atoms with Crippen LogP contribution < -0.4 is 10.2 Å². The Balaban J connectivity index is 1.82. The van der Waals surface area contributed by atoms with Crippen LogP contribution in [-0.2, 0) is 0 Å².